The van der Waals surface area contributed by atoms with Crippen LogP contribution in [0.5, 0.6) is 5.88 Å². The van der Waals surface area contributed by atoms with Crippen molar-refractivity contribution in [3.8, 4) is 5.88 Å². The predicted molar refractivity (Wildman–Crippen MR) is 105 cm³/mol. The number of ether oxygens (including phenoxy) is 2. The monoisotopic (exact) mass is 443 g/mol. The van der Waals surface area contributed by atoms with E-state index in [1.807, 2.05) is 6.92 Å². The van der Waals surface area contributed by atoms with Gasteiger partial charge in [0.05, 0.1) is 38.3 Å². The largest absolute Gasteiger partial charge is 0.476 e. The molecule has 12 nitrogen and oxygen atoms in total. The Morgan fingerprint density at radius 1 is 1.43 bits per heavy atom. The van der Waals surface area contributed by atoms with Crippen LogP contribution in [0.25, 0.3) is 11.2 Å². The number of nitrogens with two attached hydrogens (primary N) is 1. The van der Waals surface area contributed by atoms with Crippen molar-refractivity contribution >= 4 is 24.9 Å². The lowest BCUT2D eigenvalue weighted by Gasteiger charge is -2.49. The van der Waals surface area contributed by atoms with Crippen molar-refractivity contribution in [1.82, 2.24) is 19.5 Å². The van der Waals surface area contributed by atoms with Crippen LogP contribution in [0.15, 0.2) is 6.33 Å². The lowest BCUT2D eigenvalue weighted by atomic mass is 9.85. The molecule has 2 saturated heterocycles. The Bertz CT molecular complexity index is 981. The number of imidazole rings is 1. The summed E-state index contributed by atoms with van der Waals surface area (Å²) in [7, 11) is -3.85. The summed E-state index contributed by atoms with van der Waals surface area (Å²) < 4.78 is 42.2. The summed E-state index contributed by atoms with van der Waals surface area (Å²) >= 11 is 0. The summed E-state index contributed by atoms with van der Waals surface area (Å²) in [5.41, 5.74) is 5.11. The third-order valence-electron chi connectivity index (χ3n) is 5.06. The van der Waals surface area contributed by atoms with E-state index in [9.17, 15) is 9.67 Å². The molecule has 166 valence electrons. The average Bonchev–Trinajstić information content (AvgIpc) is 3.05. The average molecular weight is 443 g/mol. The van der Waals surface area contributed by atoms with E-state index in [2.05, 4.69) is 15.0 Å². The highest BCUT2D eigenvalue weighted by molar-refractivity contribution is 7.48. The van der Waals surface area contributed by atoms with Gasteiger partial charge >= 0.3 is 7.82 Å². The van der Waals surface area contributed by atoms with Crippen LogP contribution < -0.4 is 10.5 Å². The second-order valence-electron chi connectivity index (χ2n) is 7.68. The summed E-state index contributed by atoms with van der Waals surface area (Å²) in [6, 6.07) is -0.668. The SMILES string of the molecule is CCOc1nc(N)nc2c1ncn2C1CO[C@@H]2COP(=O)(OC(C)C)O[C@H]2C1(C)O. The number of hydrogen-bond donors (Lipinski definition) is 2. The Labute approximate surface area is 173 Å². The molecular formula is C17H26N5O7P. The number of anilines is 1. The summed E-state index contributed by atoms with van der Waals surface area (Å²) in [4.78, 5) is 12.7. The van der Waals surface area contributed by atoms with E-state index in [0.29, 0.717) is 17.8 Å². The van der Waals surface area contributed by atoms with E-state index >= 15 is 0 Å². The van der Waals surface area contributed by atoms with Crippen LogP contribution in [0, 0.1) is 0 Å². The molecule has 0 aliphatic carbocycles. The zero-order valence-electron chi connectivity index (χ0n) is 17.2. The minimum atomic E-state index is -3.85. The van der Waals surface area contributed by atoms with E-state index in [4.69, 9.17) is 28.8 Å². The van der Waals surface area contributed by atoms with Crippen molar-refractivity contribution in [3.05, 3.63) is 6.33 Å². The molecule has 3 N–H and O–H groups in total. The maximum Gasteiger partial charge on any atom is 0.475 e. The molecule has 4 rings (SSSR count). The summed E-state index contributed by atoms with van der Waals surface area (Å²) in [6.45, 7) is 7.32. The molecule has 2 aliphatic rings. The second-order valence-corrected chi connectivity index (χ2v) is 9.25. The van der Waals surface area contributed by atoms with E-state index < -0.39 is 31.7 Å². The molecule has 5 atom stereocenters. The molecular weight excluding hydrogens is 417 g/mol. The summed E-state index contributed by atoms with van der Waals surface area (Å²) in [6.07, 6.45) is -0.444. The molecule has 2 aromatic rings. The Kier molecular flexibility index (Phi) is 5.50. The van der Waals surface area contributed by atoms with E-state index in [1.165, 1.54) is 6.33 Å². The first-order valence-electron chi connectivity index (χ1n) is 9.73. The van der Waals surface area contributed by atoms with Crippen molar-refractivity contribution in [2.75, 3.05) is 25.6 Å². The molecule has 2 aromatic heterocycles. The fourth-order valence-corrected chi connectivity index (χ4v) is 5.37. The van der Waals surface area contributed by atoms with Crippen LogP contribution in [-0.2, 0) is 22.9 Å². The predicted octanol–water partition coefficient (Wildman–Crippen LogP) is 1.45. The van der Waals surface area contributed by atoms with Crippen molar-refractivity contribution in [2.45, 2.75) is 57.6 Å². The molecule has 0 aromatic carbocycles. The standard InChI is InChI=1S/C17H26N5O7P/c1-5-25-15-12-14(20-16(18)21-15)22(8-19-12)11-7-26-10-6-27-30(24,28-9(2)3)29-13(10)17(11,4)23/h8-11,13,23H,5-7H2,1-4H3,(H2,18,20,21)/t10-,11?,13-,17?,30?/m1/s1. The molecule has 13 heteroatoms. The van der Waals surface area contributed by atoms with Crippen LogP contribution in [0.2, 0.25) is 0 Å². The lowest BCUT2D eigenvalue weighted by Crippen LogP contribution is -2.61. The van der Waals surface area contributed by atoms with Crippen molar-refractivity contribution < 1.29 is 32.7 Å². The van der Waals surface area contributed by atoms with E-state index in [0.717, 1.165) is 0 Å². The maximum atomic E-state index is 12.8. The van der Waals surface area contributed by atoms with Crippen LogP contribution in [0.3, 0.4) is 0 Å². The van der Waals surface area contributed by atoms with Gasteiger partial charge in [-0.25, -0.2) is 9.55 Å². The minimum Gasteiger partial charge on any atom is -0.476 e. The third-order valence-corrected chi connectivity index (χ3v) is 6.69. The van der Waals surface area contributed by atoms with Crippen molar-refractivity contribution in [3.63, 3.8) is 0 Å². The molecule has 30 heavy (non-hydrogen) atoms. The molecule has 2 aliphatic heterocycles. The summed E-state index contributed by atoms with van der Waals surface area (Å²) in [5.74, 6) is 0.268. The number of nitrogen functional groups attached to an aromatic ring is 1. The Morgan fingerprint density at radius 2 is 2.20 bits per heavy atom. The highest BCUT2D eigenvalue weighted by atomic mass is 31.2. The van der Waals surface area contributed by atoms with Crippen LogP contribution >= 0.6 is 7.82 Å². The number of nitrogens with zero attached hydrogens (tertiary/aromatic N) is 4. The maximum absolute atomic E-state index is 12.8. The third kappa shape index (κ3) is 3.68. The highest BCUT2D eigenvalue weighted by Crippen LogP contribution is 2.58. The molecule has 0 amide bonds. The van der Waals surface area contributed by atoms with E-state index in [1.54, 1.807) is 25.3 Å². The van der Waals surface area contributed by atoms with Gasteiger partial charge < -0.3 is 24.9 Å². The van der Waals surface area contributed by atoms with Gasteiger partial charge in [0.15, 0.2) is 11.2 Å². The number of fused-ring (bicyclic) bond motifs is 2. The van der Waals surface area contributed by atoms with Gasteiger partial charge in [-0.3, -0.25) is 13.6 Å². The minimum absolute atomic E-state index is 0.0131. The van der Waals surface area contributed by atoms with Crippen LogP contribution in [-0.4, -0.2) is 68.4 Å². The van der Waals surface area contributed by atoms with Gasteiger partial charge in [0.25, 0.3) is 0 Å². The first-order chi connectivity index (χ1) is 14.1. The first-order valence-corrected chi connectivity index (χ1v) is 11.2. The molecule has 0 saturated carbocycles. The number of aromatic nitrogens is 4. The lowest BCUT2D eigenvalue weighted by molar-refractivity contribution is -0.225. The zero-order chi connectivity index (χ0) is 21.7. The number of phosphoric ester groups is 1. The first kappa shape index (κ1) is 21.4. The molecule has 2 fully saturated rings. The van der Waals surface area contributed by atoms with Gasteiger partial charge in [0.1, 0.15) is 17.8 Å². The number of aliphatic hydroxyl groups is 1. The van der Waals surface area contributed by atoms with Gasteiger partial charge in [0.2, 0.25) is 11.8 Å². The topological polar surface area (TPSA) is 153 Å². The van der Waals surface area contributed by atoms with Crippen molar-refractivity contribution in [2.24, 2.45) is 0 Å². The van der Waals surface area contributed by atoms with Crippen LogP contribution in [0.1, 0.15) is 33.7 Å². The number of hydrogen-bond acceptors (Lipinski definition) is 11. The smallest absolute Gasteiger partial charge is 0.475 e. The molecule has 0 spiro atoms. The number of rotatable bonds is 5. The fourth-order valence-electron chi connectivity index (χ4n) is 3.73. The van der Waals surface area contributed by atoms with Gasteiger partial charge in [-0.1, -0.05) is 0 Å². The quantitative estimate of drug-likeness (QED) is 0.645. The molecule has 0 radical (unpaired) electrons. The Hall–Kier alpha value is -1.82. The normalized spacial score (nSPS) is 34.3. The van der Waals surface area contributed by atoms with Gasteiger partial charge in [-0.05, 0) is 27.7 Å². The Balaban J connectivity index is 1.70. The zero-order valence-corrected chi connectivity index (χ0v) is 18.1. The Morgan fingerprint density at radius 3 is 2.90 bits per heavy atom. The van der Waals surface area contributed by atoms with Crippen LogP contribution in [0.4, 0.5) is 5.95 Å². The highest BCUT2D eigenvalue weighted by Gasteiger charge is 2.56. The van der Waals surface area contributed by atoms with Gasteiger partial charge in [0, 0.05) is 0 Å². The second kappa shape index (κ2) is 7.70. The number of phosphoric acid groups is 1. The van der Waals surface area contributed by atoms with Gasteiger partial charge in [-0.15, -0.1) is 0 Å². The van der Waals surface area contributed by atoms with Gasteiger partial charge in [-0.2, -0.15) is 9.97 Å². The molecule has 3 unspecified atom stereocenters. The summed E-state index contributed by atoms with van der Waals surface area (Å²) in [5, 5.41) is 11.5. The molecule has 4 heterocycles. The molecule has 0 bridgehead atoms. The van der Waals surface area contributed by atoms with E-state index in [-0.39, 0.29) is 31.1 Å². The van der Waals surface area contributed by atoms with Crippen molar-refractivity contribution in [1.29, 1.82) is 0 Å². The fraction of sp³-hybridized carbons (Fsp3) is 0.706.